The zero-order valence-corrected chi connectivity index (χ0v) is 12.6. The zero-order valence-electron chi connectivity index (χ0n) is 12.6. The molecule has 0 unspecified atom stereocenters. The minimum atomic E-state index is -0.0691. The Balaban J connectivity index is 1.92. The van der Waals surface area contributed by atoms with Gasteiger partial charge in [-0.3, -0.25) is 9.69 Å². The largest absolute Gasteiger partial charge is 0.399 e. The molecule has 6 nitrogen and oxygen atoms in total. The van der Waals surface area contributed by atoms with Crippen LogP contribution in [0.1, 0.15) is 11.4 Å². The van der Waals surface area contributed by atoms with Gasteiger partial charge in [0.05, 0.1) is 13.1 Å². The van der Waals surface area contributed by atoms with Gasteiger partial charge in [0.2, 0.25) is 5.91 Å². The number of nitrogens with zero attached hydrogens (tertiary/aromatic N) is 3. The Morgan fingerprint density at radius 1 is 1.48 bits per heavy atom. The number of carbonyl (C=O) groups excluding carboxylic acids is 1. The summed E-state index contributed by atoms with van der Waals surface area (Å²) in [6.45, 7) is 2.85. The predicted octanol–water partition coefficient (Wildman–Crippen LogP) is 1.38. The standard InChI is InChI=1S/C15H21N5O/c1-11-4-5-12(16)8-13(11)18-15(21)10-19(2)9-14-17-6-7-20(14)3/h4-8H,9-10,16H2,1-3H3,(H,18,21). The van der Waals surface area contributed by atoms with Crippen molar-refractivity contribution in [2.45, 2.75) is 13.5 Å². The maximum atomic E-state index is 12.1. The van der Waals surface area contributed by atoms with Crippen molar-refractivity contribution in [3.63, 3.8) is 0 Å². The summed E-state index contributed by atoms with van der Waals surface area (Å²) in [5, 5.41) is 2.89. The van der Waals surface area contributed by atoms with Crippen molar-refractivity contribution in [1.82, 2.24) is 14.5 Å². The maximum Gasteiger partial charge on any atom is 0.238 e. The van der Waals surface area contributed by atoms with E-state index < -0.39 is 0 Å². The van der Waals surface area contributed by atoms with Gasteiger partial charge >= 0.3 is 0 Å². The molecule has 1 amide bonds. The Hall–Kier alpha value is -2.34. The first-order valence-electron chi connectivity index (χ1n) is 6.76. The molecule has 1 aromatic carbocycles. The topological polar surface area (TPSA) is 76.2 Å². The first-order valence-corrected chi connectivity index (χ1v) is 6.76. The average Bonchev–Trinajstić information content (AvgIpc) is 2.79. The van der Waals surface area contributed by atoms with Gasteiger partial charge in [0.15, 0.2) is 0 Å². The zero-order chi connectivity index (χ0) is 15.4. The molecule has 0 aliphatic rings. The summed E-state index contributed by atoms with van der Waals surface area (Å²) < 4.78 is 1.94. The van der Waals surface area contributed by atoms with Gasteiger partial charge < -0.3 is 15.6 Å². The molecule has 0 saturated carbocycles. The van der Waals surface area contributed by atoms with Crippen LogP contribution < -0.4 is 11.1 Å². The summed E-state index contributed by atoms with van der Waals surface area (Å²) in [6.07, 6.45) is 3.64. The normalized spacial score (nSPS) is 10.9. The number of anilines is 2. The highest BCUT2D eigenvalue weighted by Gasteiger charge is 2.10. The van der Waals surface area contributed by atoms with Gasteiger partial charge in [0.1, 0.15) is 5.82 Å². The Kier molecular flexibility index (Phi) is 4.59. The van der Waals surface area contributed by atoms with E-state index in [-0.39, 0.29) is 5.91 Å². The van der Waals surface area contributed by atoms with Crippen molar-refractivity contribution >= 4 is 17.3 Å². The molecule has 0 atom stereocenters. The number of likely N-dealkylation sites (N-methyl/N-ethyl adjacent to an activating group) is 1. The molecule has 2 rings (SSSR count). The van der Waals surface area contributed by atoms with Crippen molar-refractivity contribution in [3.05, 3.63) is 42.0 Å². The lowest BCUT2D eigenvalue weighted by atomic mass is 10.2. The predicted molar refractivity (Wildman–Crippen MR) is 83.8 cm³/mol. The molecule has 6 heteroatoms. The first kappa shape index (κ1) is 15.1. The smallest absolute Gasteiger partial charge is 0.238 e. The quantitative estimate of drug-likeness (QED) is 0.815. The molecule has 0 fully saturated rings. The third-order valence-electron chi connectivity index (χ3n) is 3.28. The number of hydrogen-bond donors (Lipinski definition) is 2. The molecule has 0 aliphatic carbocycles. The molecular formula is C15H21N5O. The van der Waals surface area contributed by atoms with Gasteiger partial charge in [-0.15, -0.1) is 0 Å². The molecule has 1 heterocycles. The van der Waals surface area contributed by atoms with Crippen molar-refractivity contribution < 1.29 is 4.79 Å². The SMILES string of the molecule is Cc1ccc(N)cc1NC(=O)CN(C)Cc1nccn1C. The molecule has 3 N–H and O–H groups in total. The summed E-state index contributed by atoms with van der Waals surface area (Å²) in [5.74, 6) is 0.853. The number of rotatable bonds is 5. The summed E-state index contributed by atoms with van der Waals surface area (Å²) in [5.41, 5.74) is 8.12. The Labute approximate surface area is 124 Å². The van der Waals surface area contributed by atoms with E-state index in [0.29, 0.717) is 18.8 Å². The third-order valence-corrected chi connectivity index (χ3v) is 3.28. The van der Waals surface area contributed by atoms with Crippen LogP contribution in [0.15, 0.2) is 30.6 Å². The summed E-state index contributed by atoms with van der Waals surface area (Å²) in [6, 6.07) is 5.48. The lowest BCUT2D eigenvalue weighted by Crippen LogP contribution is -2.30. The Morgan fingerprint density at radius 3 is 2.90 bits per heavy atom. The van der Waals surface area contributed by atoms with E-state index in [4.69, 9.17) is 5.73 Å². The molecule has 0 radical (unpaired) electrons. The number of amides is 1. The van der Waals surface area contributed by atoms with Gasteiger partial charge in [0, 0.05) is 30.8 Å². The number of aryl methyl sites for hydroxylation is 2. The molecule has 0 aliphatic heterocycles. The number of imidazole rings is 1. The van der Waals surface area contributed by atoms with E-state index in [1.165, 1.54) is 0 Å². The second kappa shape index (κ2) is 6.41. The molecule has 21 heavy (non-hydrogen) atoms. The van der Waals surface area contributed by atoms with Crippen molar-refractivity contribution in [2.75, 3.05) is 24.6 Å². The van der Waals surface area contributed by atoms with Crippen LogP contribution in [0.5, 0.6) is 0 Å². The number of benzene rings is 1. The number of hydrogen-bond acceptors (Lipinski definition) is 4. The second-order valence-electron chi connectivity index (χ2n) is 5.25. The van der Waals surface area contributed by atoms with Crippen LogP contribution in [0.2, 0.25) is 0 Å². The highest BCUT2D eigenvalue weighted by atomic mass is 16.2. The fourth-order valence-electron chi connectivity index (χ4n) is 2.06. The maximum absolute atomic E-state index is 12.1. The van der Waals surface area contributed by atoms with E-state index >= 15 is 0 Å². The van der Waals surface area contributed by atoms with Crippen molar-refractivity contribution in [3.8, 4) is 0 Å². The lowest BCUT2D eigenvalue weighted by molar-refractivity contribution is -0.117. The number of nitrogen functional groups attached to an aromatic ring is 1. The number of nitrogens with two attached hydrogens (primary N) is 1. The molecule has 1 aromatic heterocycles. The number of aromatic nitrogens is 2. The molecule has 0 spiro atoms. The number of carbonyl (C=O) groups is 1. The van der Waals surface area contributed by atoms with Crippen LogP contribution >= 0.6 is 0 Å². The fourth-order valence-corrected chi connectivity index (χ4v) is 2.06. The van der Waals surface area contributed by atoms with Crippen LogP contribution in [0.4, 0.5) is 11.4 Å². The van der Waals surface area contributed by atoms with Gasteiger partial charge in [-0.1, -0.05) is 6.07 Å². The van der Waals surface area contributed by atoms with Gasteiger partial charge in [-0.05, 0) is 31.7 Å². The second-order valence-corrected chi connectivity index (χ2v) is 5.25. The fraction of sp³-hybridized carbons (Fsp3) is 0.333. The van der Waals surface area contributed by atoms with E-state index in [1.54, 1.807) is 12.3 Å². The van der Waals surface area contributed by atoms with Crippen LogP contribution in [0.3, 0.4) is 0 Å². The summed E-state index contributed by atoms with van der Waals surface area (Å²) in [4.78, 5) is 18.2. The van der Waals surface area contributed by atoms with E-state index in [2.05, 4.69) is 10.3 Å². The lowest BCUT2D eigenvalue weighted by Gasteiger charge is -2.16. The van der Waals surface area contributed by atoms with E-state index in [1.807, 2.05) is 48.8 Å². The van der Waals surface area contributed by atoms with Gasteiger partial charge in [-0.2, -0.15) is 0 Å². The summed E-state index contributed by atoms with van der Waals surface area (Å²) in [7, 11) is 3.83. The molecule has 0 bridgehead atoms. The van der Waals surface area contributed by atoms with Crippen molar-refractivity contribution in [2.24, 2.45) is 7.05 Å². The van der Waals surface area contributed by atoms with E-state index in [9.17, 15) is 4.79 Å². The molecule has 0 saturated heterocycles. The average molecular weight is 287 g/mol. The third kappa shape index (κ3) is 4.06. The summed E-state index contributed by atoms with van der Waals surface area (Å²) >= 11 is 0. The van der Waals surface area contributed by atoms with Gasteiger partial charge in [0.25, 0.3) is 0 Å². The minimum Gasteiger partial charge on any atom is -0.399 e. The highest BCUT2D eigenvalue weighted by molar-refractivity contribution is 5.93. The highest BCUT2D eigenvalue weighted by Crippen LogP contribution is 2.17. The van der Waals surface area contributed by atoms with Gasteiger partial charge in [-0.25, -0.2) is 4.98 Å². The van der Waals surface area contributed by atoms with Crippen LogP contribution in [-0.2, 0) is 18.4 Å². The van der Waals surface area contributed by atoms with Crippen LogP contribution in [-0.4, -0.2) is 34.0 Å². The molecule has 2 aromatic rings. The number of nitrogens with one attached hydrogen (secondary N) is 1. The van der Waals surface area contributed by atoms with Crippen LogP contribution in [0, 0.1) is 6.92 Å². The monoisotopic (exact) mass is 287 g/mol. The molecular weight excluding hydrogens is 266 g/mol. The molecule has 112 valence electrons. The van der Waals surface area contributed by atoms with Crippen LogP contribution in [0.25, 0.3) is 0 Å². The Bertz CT molecular complexity index is 635. The first-order chi connectivity index (χ1) is 9.95. The van der Waals surface area contributed by atoms with Crippen molar-refractivity contribution in [1.29, 1.82) is 0 Å². The minimum absolute atomic E-state index is 0.0691. The Morgan fingerprint density at radius 2 is 2.24 bits per heavy atom. The van der Waals surface area contributed by atoms with E-state index in [0.717, 1.165) is 17.1 Å².